The van der Waals surface area contributed by atoms with Gasteiger partial charge in [-0.25, -0.2) is 9.97 Å². The van der Waals surface area contributed by atoms with Gasteiger partial charge in [-0.1, -0.05) is 0 Å². The highest BCUT2D eigenvalue weighted by molar-refractivity contribution is 5.26. The van der Waals surface area contributed by atoms with Crippen molar-refractivity contribution in [3.8, 4) is 0 Å². The summed E-state index contributed by atoms with van der Waals surface area (Å²) in [4.78, 5) is 9.34. The van der Waals surface area contributed by atoms with Gasteiger partial charge in [-0.2, -0.15) is 0 Å². The van der Waals surface area contributed by atoms with Crippen LogP contribution in [0.2, 0.25) is 0 Å². The maximum atomic E-state index is 4.67. The van der Waals surface area contributed by atoms with Gasteiger partial charge in [0.2, 0.25) is 0 Å². The summed E-state index contributed by atoms with van der Waals surface area (Å²) in [5.74, 6) is 1.74. The highest BCUT2D eigenvalue weighted by Crippen LogP contribution is 2.38. The van der Waals surface area contributed by atoms with Crippen LogP contribution in [0, 0.1) is 13.8 Å². The lowest BCUT2D eigenvalue weighted by atomic mass is 10.1. The Morgan fingerprint density at radius 1 is 1.06 bits per heavy atom. The largest absolute Gasteiger partial charge is 0.314 e. The second kappa shape index (κ2) is 4.37. The van der Waals surface area contributed by atoms with Gasteiger partial charge < -0.3 is 5.32 Å². The molecule has 2 aliphatic rings. The minimum atomic E-state index is 0.658. The molecule has 3 rings (SSSR count). The van der Waals surface area contributed by atoms with Crippen LogP contribution in [0.1, 0.15) is 54.4 Å². The molecule has 1 N–H and O–H groups in total. The highest BCUT2D eigenvalue weighted by atomic mass is 14.9. The molecule has 0 radical (unpaired) electrons. The zero-order valence-electron chi connectivity index (χ0n) is 10.8. The van der Waals surface area contributed by atoms with Crippen LogP contribution in [-0.4, -0.2) is 22.6 Å². The normalized spacial score (nSPS) is 19.6. The third-order valence-corrected chi connectivity index (χ3v) is 3.77. The Bertz CT molecular complexity index is 396. The van der Waals surface area contributed by atoms with Crippen molar-refractivity contribution < 1.29 is 0 Å². The number of rotatable bonds is 5. The van der Waals surface area contributed by atoms with Crippen LogP contribution in [0.4, 0.5) is 0 Å². The van der Waals surface area contributed by atoms with Gasteiger partial charge in [-0.15, -0.1) is 0 Å². The summed E-state index contributed by atoms with van der Waals surface area (Å²) >= 11 is 0. The molecule has 3 heteroatoms. The summed E-state index contributed by atoms with van der Waals surface area (Å²) in [7, 11) is 0. The van der Waals surface area contributed by atoms with Gasteiger partial charge in [-0.3, -0.25) is 0 Å². The van der Waals surface area contributed by atoms with Gasteiger partial charge in [0.15, 0.2) is 0 Å². The Kier molecular flexibility index (Phi) is 2.87. The van der Waals surface area contributed by atoms with Crippen LogP contribution in [0.25, 0.3) is 0 Å². The summed E-state index contributed by atoms with van der Waals surface area (Å²) in [5, 5.41) is 3.55. The monoisotopic (exact) mass is 231 g/mol. The van der Waals surface area contributed by atoms with Crippen molar-refractivity contribution in [3.05, 3.63) is 22.8 Å². The fraction of sp³-hybridized carbons (Fsp3) is 0.714. The highest BCUT2D eigenvalue weighted by Gasteiger charge is 2.27. The van der Waals surface area contributed by atoms with Gasteiger partial charge in [0.1, 0.15) is 5.82 Å². The Morgan fingerprint density at radius 3 is 2.24 bits per heavy atom. The summed E-state index contributed by atoms with van der Waals surface area (Å²) in [6.07, 6.45) is 6.34. The minimum absolute atomic E-state index is 0.658. The Hall–Kier alpha value is -0.960. The van der Waals surface area contributed by atoms with Crippen molar-refractivity contribution in [2.24, 2.45) is 0 Å². The summed E-state index contributed by atoms with van der Waals surface area (Å²) in [6, 6.07) is 0.794. The second-order valence-electron chi connectivity index (χ2n) is 5.48. The third kappa shape index (κ3) is 2.65. The zero-order valence-corrected chi connectivity index (χ0v) is 10.8. The topological polar surface area (TPSA) is 37.8 Å². The quantitative estimate of drug-likeness (QED) is 0.844. The molecule has 1 heterocycles. The summed E-state index contributed by atoms with van der Waals surface area (Å²) in [6.45, 7) is 5.33. The number of hydrogen-bond acceptors (Lipinski definition) is 3. The lowest BCUT2D eigenvalue weighted by molar-refractivity contribution is 0.673. The molecule has 0 aromatic carbocycles. The molecule has 2 fully saturated rings. The molecule has 0 aliphatic heterocycles. The molecule has 0 amide bonds. The van der Waals surface area contributed by atoms with Crippen LogP contribution >= 0.6 is 0 Å². The first-order chi connectivity index (χ1) is 8.24. The Morgan fingerprint density at radius 2 is 1.71 bits per heavy atom. The van der Waals surface area contributed by atoms with Crippen LogP contribution in [-0.2, 0) is 6.42 Å². The van der Waals surface area contributed by atoms with E-state index in [9.17, 15) is 0 Å². The van der Waals surface area contributed by atoms with E-state index in [2.05, 4.69) is 29.1 Å². The van der Waals surface area contributed by atoms with E-state index in [1.807, 2.05) is 0 Å². The molecule has 0 spiro atoms. The predicted octanol–water partition coefficient (Wildman–Crippen LogP) is 2.27. The second-order valence-corrected chi connectivity index (χ2v) is 5.48. The van der Waals surface area contributed by atoms with Crippen molar-refractivity contribution in [2.75, 3.05) is 6.54 Å². The van der Waals surface area contributed by atoms with E-state index < -0.39 is 0 Å². The van der Waals surface area contributed by atoms with E-state index >= 15 is 0 Å². The standard InChI is InChI=1S/C14H21N3/c1-9-13(7-8-15-12-5-6-12)10(2)17-14(16-9)11-3-4-11/h11-12,15H,3-8H2,1-2H3. The zero-order chi connectivity index (χ0) is 11.8. The maximum absolute atomic E-state index is 4.67. The van der Waals surface area contributed by atoms with E-state index in [1.165, 1.54) is 42.6 Å². The fourth-order valence-electron chi connectivity index (χ4n) is 2.34. The average Bonchev–Trinajstić information content (AvgIpc) is 3.16. The number of aryl methyl sites for hydroxylation is 2. The molecule has 0 bridgehead atoms. The smallest absolute Gasteiger partial charge is 0.131 e. The van der Waals surface area contributed by atoms with Crippen molar-refractivity contribution in [2.45, 2.75) is 57.9 Å². The van der Waals surface area contributed by atoms with Gasteiger partial charge in [0.05, 0.1) is 0 Å². The lowest BCUT2D eigenvalue weighted by Crippen LogP contribution is -2.20. The molecule has 1 aromatic rings. The first-order valence-electron chi connectivity index (χ1n) is 6.81. The predicted molar refractivity (Wildman–Crippen MR) is 68.2 cm³/mol. The molecule has 0 atom stereocenters. The number of nitrogens with one attached hydrogen (secondary N) is 1. The first-order valence-corrected chi connectivity index (χ1v) is 6.81. The number of nitrogens with zero attached hydrogens (tertiary/aromatic N) is 2. The van der Waals surface area contributed by atoms with E-state index in [1.54, 1.807) is 0 Å². The van der Waals surface area contributed by atoms with E-state index in [0.717, 1.165) is 24.8 Å². The van der Waals surface area contributed by atoms with E-state index in [4.69, 9.17) is 0 Å². The number of aromatic nitrogens is 2. The van der Waals surface area contributed by atoms with E-state index in [-0.39, 0.29) is 0 Å². The molecule has 0 saturated heterocycles. The lowest BCUT2D eigenvalue weighted by Gasteiger charge is -2.11. The molecule has 1 aromatic heterocycles. The van der Waals surface area contributed by atoms with Crippen LogP contribution in [0.15, 0.2) is 0 Å². The van der Waals surface area contributed by atoms with Gasteiger partial charge in [0, 0.05) is 23.3 Å². The molecule has 2 aliphatic carbocycles. The molecule has 92 valence electrons. The molecular formula is C14H21N3. The Balaban J connectivity index is 1.68. The van der Waals surface area contributed by atoms with Gasteiger partial charge in [-0.05, 0) is 58.1 Å². The third-order valence-electron chi connectivity index (χ3n) is 3.77. The minimum Gasteiger partial charge on any atom is -0.314 e. The van der Waals surface area contributed by atoms with Crippen LogP contribution in [0.5, 0.6) is 0 Å². The van der Waals surface area contributed by atoms with Crippen molar-refractivity contribution in [1.29, 1.82) is 0 Å². The Labute approximate surface area is 103 Å². The molecule has 2 saturated carbocycles. The van der Waals surface area contributed by atoms with Crippen molar-refractivity contribution in [3.63, 3.8) is 0 Å². The number of hydrogen-bond donors (Lipinski definition) is 1. The molecule has 17 heavy (non-hydrogen) atoms. The van der Waals surface area contributed by atoms with Gasteiger partial charge >= 0.3 is 0 Å². The molecule has 3 nitrogen and oxygen atoms in total. The maximum Gasteiger partial charge on any atom is 0.131 e. The average molecular weight is 231 g/mol. The van der Waals surface area contributed by atoms with Gasteiger partial charge in [0.25, 0.3) is 0 Å². The van der Waals surface area contributed by atoms with Crippen LogP contribution in [0.3, 0.4) is 0 Å². The fourth-order valence-corrected chi connectivity index (χ4v) is 2.34. The molecule has 0 unspecified atom stereocenters. The van der Waals surface area contributed by atoms with Crippen molar-refractivity contribution in [1.82, 2.24) is 15.3 Å². The van der Waals surface area contributed by atoms with Crippen molar-refractivity contribution >= 4 is 0 Å². The summed E-state index contributed by atoms with van der Waals surface area (Å²) < 4.78 is 0. The van der Waals surface area contributed by atoms with Crippen LogP contribution < -0.4 is 5.32 Å². The molecular weight excluding hydrogens is 210 g/mol. The van der Waals surface area contributed by atoms with E-state index in [0.29, 0.717) is 5.92 Å². The SMILES string of the molecule is Cc1nc(C2CC2)nc(C)c1CCNC1CC1. The summed E-state index contributed by atoms with van der Waals surface area (Å²) in [5.41, 5.74) is 3.73. The first kappa shape index (κ1) is 11.1.